The molecule has 26 heavy (non-hydrogen) atoms. The third-order valence-corrected chi connectivity index (χ3v) is 5.19. The first-order valence-corrected chi connectivity index (χ1v) is 9.31. The Bertz CT molecular complexity index is 704. The number of aromatic nitrogens is 2. The van der Waals surface area contributed by atoms with Crippen LogP contribution in [-0.2, 0) is 6.54 Å². The van der Waals surface area contributed by atoms with Crippen LogP contribution in [-0.4, -0.2) is 40.0 Å². The number of nitrogens with zero attached hydrogens (tertiary/aromatic N) is 4. The summed E-state index contributed by atoms with van der Waals surface area (Å²) in [5.74, 6) is 1.58. The van der Waals surface area contributed by atoms with Gasteiger partial charge in [0.25, 0.3) is 0 Å². The van der Waals surface area contributed by atoms with Crippen molar-refractivity contribution in [1.29, 1.82) is 0 Å². The van der Waals surface area contributed by atoms with Crippen LogP contribution in [0, 0.1) is 5.92 Å². The Morgan fingerprint density at radius 3 is 2.88 bits per heavy atom. The number of piperidine rings is 1. The summed E-state index contributed by atoms with van der Waals surface area (Å²) in [6, 6.07) is 8.31. The third-order valence-electron chi connectivity index (χ3n) is 4.82. The maximum absolute atomic E-state index is 6.27. The second-order valence-corrected chi connectivity index (χ2v) is 6.96. The second-order valence-electron chi connectivity index (χ2n) is 6.55. The summed E-state index contributed by atoms with van der Waals surface area (Å²) in [7, 11) is 0. The topological polar surface area (TPSA) is 45.5 Å². The number of nitrogens with one attached hydrogen (secondary N) is 1. The maximum Gasteiger partial charge on any atom is 0.194 e. The van der Waals surface area contributed by atoms with E-state index in [0.717, 1.165) is 42.6 Å². The standard InChI is InChI=1S/C19H26ClN5.HI/c1-3-22-19(23-12-16-6-4-5-7-17(16)20)24-10-8-15(2)18(13-24)25-11-9-21-14-25;/h4-7,9,11,14-15,18H,3,8,10,12-13H2,1-2H3,(H,22,23);1H. The van der Waals surface area contributed by atoms with Gasteiger partial charge in [-0.25, -0.2) is 9.98 Å². The molecule has 142 valence electrons. The Morgan fingerprint density at radius 1 is 1.38 bits per heavy atom. The van der Waals surface area contributed by atoms with Crippen LogP contribution in [0.3, 0.4) is 0 Å². The lowest BCUT2D eigenvalue weighted by molar-refractivity contribution is 0.189. The summed E-state index contributed by atoms with van der Waals surface area (Å²) in [5, 5.41) is 4.20. The van der Waals surface area contributed by atoms with Crippen LogP contribution in [0.5, 0.6) is 0 Å². The highest BCUT2D eigenvalue weighted by atomic mass is 127. The van der Waals surface area contributed by atoms with Gasteiger partial charge in [0.15, 0.2) is 5.96 Å². The third kappa shape index (κ3) is 5.13. The first-order chi connectivity index (χ1) is 12.2. The zero-order chi connectivity index (χ0) is 17.6. The van der Waals surface area contributed by atoms with E-state index in [0.29, 0.717) is 18.5 Å². The largest absolute Gasteiger partial charge is 0.357 e. The van der Waals surface area contributed by atoms with Crippen molar-refractivity contribution >= 4 is 41.5 Å². The molecule has 1 saturated heterocycles. The van der Waals surface area contributed by atoms with E-state index in [-0.39, 0.29) is 24.0 Å². The van der Waals surface area contributed by atoms with Gasteiger partial charge in [-0.1, -0.05) is 36.7 Å². The van der Waals surface area contributed by atoms with Crippen molar-refractivity contribution in [1.82, 2.24) is 19.8 Å². The minimum Gasteiger partial charge on any atom is -0.357 e. The van der Waals surface area contributed by atoms with Gasteiger partial charge in [0.2, 0.25) is 0 Å². The summed E-state index contributed by atoms with van der Waals surface area (Å²) < 4.78 is 2.22. The Labute approximate surface area is 177 Å². The predicted octanol–water partition coefficient (Wildman–Crippen LogP) is 4.20. The fourth-order valence-electron chi connectivity index (χ4n) is 3.31. The van der Waals surface area contributed by atoms with E-state index in [1.54, 1.807) is 0 Å². The van der Waals surface area contributed by atoms with Crippen molar-refractivity contribution in [3.8, 4) is 0 Å². The lowest BCUT2D eigenvalue weighted by Crippen LogP contribution is -2.49. The molecule has 1 aliphatic rings. The van der Waals surface area contributed by atoms with E-state index in [1.165, 1.54) is 0 Å². The zero-order valence-electron chi connectivity index (χ0n) is 15.3. The average Bonchev–Trinajstić information content (AvgIpc) is 3.15. The molecule has 2 unspecified atom stereocenters. The monoisotopic (exact) mass is 487 g/mol. The van der Waals surface area contributed by atoms with E-state index in [2.05, 4.69) is 39.8 Å². The van der Waals surface area contributed by atoms with Crippen LogP contribution in [0.1, 0.15) is 31.9 Å². The second kappa shape index (κ2) is 10.2. The summed E-state index contributed by atoms with van der Waals surface area (Å²) in [6.45, 7) is 7.81. The molecular weight excluding hydrogens is 461 g/mol. The Morgan fingerprint density at radius 2 is 2.19 bits per heavy atom. The fraction of sp³-hybridized carbons (Fsp3) is 0.474. The van der Waals surface area contributed by atoms with Crippen molar-refractivity contribution in [3.05, 3.63) is 53.6 Å². The molecule has 0 amide bonds. The van der Waals surface area contributed by atoms with Crippen LogP contribution in [0.25, 0.3) is 0 Å². The molecule has 2 atom stereocenters. The minimum atomic E-state index is 0. The van der Waals surface area contributed by atoms with Gasteiger partial charge in [-0.15, -0.1) is 24.0 Å². The fourth-order valence-corrected chi connectivity index (χ4v) is 3.50. The molecule has 2 heterocycles. The molecule has 0 saturated carbocycles. The predicted molar refractivity (Wildman–Crippen MR) is 118 cm³/mol. The van der Waals surface area contributed by atoms with Gasteiger partial charge < -0.3 is 14.8 Å². The van der Waals surface area contributed by atoms with Crippen molar-refractivity contribution in [2.75, 3.05) is 19.6 Å². The first-order valence-electron chi connectivity index (χ1n) is 8.93. The molecule has 0 bridgehead atoms. The molecule has 2 aromatic rings. The molecule has 1 fully saturated rings. The maximum atomic E-state index is 6.27. The molecule has 1 aliphatic heterocycles. The lowest BCUT2D eigenvalue weighted by atomic mass is 9.93. The average molecular weight is 488 g/mol. The number of aliphatic imine (C=N–C) groups is 1. The number of halogens is 2. The number of imidazole rings is 1. The Hall–Kier alpha value is -1.28. The number of benzene rings is 1. The van der Waals surface area contributed by atoms with Gasteiger partial charge in [-0.2, -0.15) is 0 Å². The molecule has 0 aliphatic carbocycles. The number of hydrogen-bond donors (Lipinski definition) is 1. The van der Waals surface area contributed by atoms with Crippen LogP contribution >= 0.6 is 35.6 Å². The van der Waals surface area contributed by atoms with Crippen molar-refractivity contribution < 1.29 is 0 Å². The number of rotatable bonds is 4. The Balaban J connectivity index is 0.00000243. The summed E-state index contributed by atoms with van der Waals surface area (Å²) >= 11 is 6.27. The van der Waals surface area contributed by atoms with E-state index in [1.807, 2.05) is 36.8 Å². The molecule has 5 nitrogen and oxygen atoms in total. The van der Waals surface area contributed by atoms with Crippen LogP contribution < -0.4 is 5.32 Å². The zero-order valence-corrected chi connectivity index (χ0v) is 18.4. The van der Waals surface area contributed by atoms with Crippen molar-refractivity contribution in [3.63, 3.8) is 0 Å². The normalized spacial score (nSPS) is 20.6. The van der Waals surface area contributed by atoms with E-state index < -0.39 is 0 Å². The van der Waals surface area contributed by atoms with Crippen LogP contribution in [0.2, 0.25) is 5.02 Å². The molecule has 1 N–H and O–H groups in total. The van der Waals surface area contributed by atoms with Gasteiger partial charge >= 0.3 is 0 Å². The minimum absolute atomic E-state index is 0. The van der Waals surface area contributed by atoms with Gasteiger partial charge in [-0.05, 0) is 30.9 Å². The molecule has 1 aromatic heterocycles. The van der Waals surface area contributed by atoms with Gasteiger partial charge in [0.05, 0.1) is 18.9 Å². The van der Waals surface area contributed by atoms with Crippen molar-refractivity contribution in [2.45, 2.75) is 32.9 Å². The highest BCUT2D eigenvalue weighted by molar-refractivity contribution is 14.0. The number of guanidine groups is 1. The molecule has 0 spiro atoms. The van der Waals surface area contributed by atoms with E-state index in [9.17, 15) is 0 Å². The summed E-state index contributed by atoms with van der Waals surface area (Å²) in [4.78, 5) is 11.4. The molecule has 1 aromatic carbocycles. The van der Waals surface area contributed by atoms with E-state index >= 15 is 0 Å². The highest BCUT2D eigenvalue weighted by Gasteiger charge is 2.28. The first kappa shape index (κ1) is 21.0. The highest BCUT2D eigenvalue weighted by Crippen LogP contribution is 2.27. The summed E-state index contributed by atoms with van der Waals surface area (Å²) in [6.07, 6.45) is 6.96. The smallest absolute Gasteiger partial charge is 0.194 e. The molecule has 0 radical (unpaired) electrons. The lowest BCUT2D eigenvalue weighted by Gasteiger charge is -2.39. The summed E-state index contributed by atoms with van der Waals surface area (Å²) in [5.41, 5.74) is 1.05. The molecule has 3 rings (SSSR count). The molecule has 7 heteroatoms. The quantitative estimate of drug-likeness (QED) is 0.399. The molecular formula is C19H27ClIN5. The Kier molecular flexibility index (Phi) is 8.21. The van der Waals surface area contributed by atoms with Gasteiger partial charge in [0.1, 0.15) is 0 Å². The van der Waals surface area contributed by atoms with E-state index in [4.69, 9.17) is 16.6 Å². The SMILES string of the molecule is CCNC(=NCc1ccccc1Cl)N1CCC(C)C(n2ccnc2)C1.I. The van der Waals surface area contributed by atoms with Crippen molar-refractivity contribution in [2.24, 2.45) is 10.9 Å². The van der Waals surface area contributed by atoms with Gasteiger partial charge in [0, 0.05) is 37.1 Å². The number of likely N-dealkylation sites (tertiary alicyclic amines) is 1. The number of hydrogen-bond acceptors (Lipinski definition) is 2. The van der Waals surface area contributed by atoms with Crippen LogP contribution in [0.15, 0.2) is 48.0 Å². The van der Waals surface area contributed by atoms with Crippen LogP contribution in [0.4, 0.5) is 0 Å². The van der Waals surface area contributed by atoms with Gasteiger partial charge in [-0.3, -0.25) is 0 Å².